The van der Waals surface area contributed by atoms with Crippen LogP contribution < -0.4 is 0 Å². The molecular weight excluding hydrogens is 384 g/mol. The van der Waals surface area contributed by atoms with Crippen LogP contribution in [0.1, 0.15) is 99.8 Å². The molecular formula is C28H48O3. The third-order valence-electron chi connectivity index (χ3n) is 4.64. The van der Waals surface area contributed by atoms with Crippen molar-refractivity contribution < 1.29 is 14.3 Å². The van der Waals surface area contributed by atoms with Crippen molar-refractivity contribution >= 4 is 5.97 Å². The summed E-state index contributed by atoms with van der Waals surface area (Å²) in [5, 5.41) is 0. The zero-order valence-electron chi connectivity index (χ0n) is 21.3. The van der Waals surface area contributed by atoms with Crippen molar-refractivity contribution in [3.8, 4) is 0 Å². The maximum absolute atomic E-state index is 12.2. The minimum Gasteiger partial charge on any atom is -0.458 e. The van der Waals surface area contributed by atoms with Crippen molar-refractivity contribution in [3.63, 3.8) is 0 Å². The van der Waals surface area contributed by atoms with Crippen molar-refractivity contribution in [2.45, 2.75) is 111 Å². The molecule has 0 heterocycles. The van der Waals surface area contributed by atoms with Gasteiger partial charge < -0.3 is 9.47 Å². The van der Waals surface area contributed by atoms with E-state index in [9.17, 15) is 4.79 Å². The first-order valence-electron chi connectivity index (χ1n) is 12.1. The van der Waals surface area contributed by atoms with Crippen LogP contribution in [0, 0.1) is 5.92 Å². The Morgan fingerprint density at radius 3 is 1.94 bits per heavy atom. The second-order valence-corrected chi connectivity index (χ2v) is 9.70. The van der Waals surface area contributed by atoms with Gasteiger partial charge in [-0.05, 0) is 91.9 Å². The van der Waals surface area contributed by atoms with Gasteiger partial charge in [-0.2, -0.15) is 0 Å². The first kappa shape index (κ1) is 29.4. The van der Waals surface area contributed by atoms with Crippen LogP contribution in [0.4, 0.5) is 0 Å². The lowest BCUT2D eigenvalue weighted by Gasteiger charge is -2.28. The Morgan fingerprint density at radius 1 is 0.806 bits per heavy atom. The molecule has 1 atom stereocenters. The van der Waals surface area contributed by atoms with Gasteiger partial charge in [0.2, 0.25) is 0 Å². The molecule has 0 radical (unpaired) electrons. The maximum atomic E-state index is 12.2. The zero-order chi connectivity index (χ0) is 23.6. The van der Waals surface area contributed by atoms with Crippen LogP contribution in [0.3, 0.4) is 0 Å². The molecule has 0 fully saturated rings. The summed E-state index contributed by atoms with van der Waals surface area (Å²) >= 11 is 0. The topological polar surface area (TPSA) is 35.5 Å². The standard InChI is InChI=1S/C28H48O3/c1-8-9-10-11-12-13-14-16-19-22-25(2)23-20-17-15-18-21-24-30-28(6,7)26(29)31-27(3,4)5/h9-10,12-13,16-17,19-20,25H,8,11,14-15,18,21-24H2,1-7H3/b10-9-,13-12-,19-16-,20-17-. The van der Waals surface area contributed by atoms with Gasteiger partial charge in [0.25, 0.3) is 0 Å². The summed E-state index contributed by atoms with van der Waals surface area (Å²) in [6.07, 6.45) is 26.5. The number of hydrogen-bond acceptors (Lipinski definition) is 3. The predicted octanol–water partition coefficient (Wildman–Crippen LogP) is 8.12. The van der Waals surface area contributed by atoms with E-state index in [0.717, 1.165) is 51.4 Å². The van der Waals surface area contributed by atoms with Gasteiger partial charge in [0.1, 0.15) is 5.60 Å². The summed E-state index contributed by atoms with van der Waals surface area (Å²) in [5.41, 5.74) is -1.38. The SMILES string of the molecule is CC/C=C\C/C=C\C/C=C\CC(C)C/C=C\CCCCOC(C)(C)C(=O)OC(C)(C)C. The summed E-state index contributed by atoms with van der Waals surface area (Å²) in [7, 11) is 0. The minimum absolute atomic E-state index is 0.303. The lowest BCUT2D eigenvalue weighted by atomic mass is 10.0. The molecule has 0 aromatic carbocycles. The highest BCUT2D eigenvalue weighted by atomic mass is 16.6. The van der Waals surface area contributed by atoms with Crippen molar-refractivity contribution in [2.24, 2.45) is 5.92 Å². The Labute approximate surface area is 192 Å². The fourth-order valence-corrected chi connectivity index (χ4v) is 2.73. The number of rotatable bonds is 16. The first-order valence-corrected chi connectivity index (χ1v) is 12.1. The van der Waals surface area contributed by atoms with Gasteiger partial charge in [0.05, 0.1) is 0 Å². The molecule has 0 aliphatic rings. The van der Waals surface area contributed by atoms with E-state index < -0.39 is 11.2 Å². The molecule has 0 amide bonds. The van der Waals surface area contributed by atoms with E-state index in [1.807, 2.05) is 20.8 Å². The third kappa shape index (κ3) is 18.8. The van der Waals surface area contributed by atoms with E-state index in [2.05, 4.69) is 62.5 Å². The molecule has 0 rings (SSSR count). The highest BCUT2D eigenvalue weighted by Crippen LogP contribution is 2.18. The zero-order valence-corrected chi connectivity index (χ0v) is 21.3. The van der Waals surface area contributed by atoms with Gasteiger partial charge in [-0.25, -0.2) is 4.79 Å². The Morgan fingerprint density at radius 2 is 1.35 bits per heavy atom. The minimum atomic E-state index is -0.895. The fraction of sp³-hybridized carbons (Fsp3) is 0.679. The van der Waals surface area contributed by atoms with Crippen LogP contribution in [0.5, 0.6) is 0 Å². The summed E-state index contributed by atoms with van der Waals surface area (Å²) in [6, 6.07) is 0. The largest absolute Gasteiger partial charge is 0.458 e. The van der Waals surface area contributed by atoms with Crippen molar-refractivity contribution in [2.75, 3.05) is 6.61 Å². The number of unbranched alkanes of at least 4 members (excludes halogenated alkanes) is 2. The number of carbonyl (C=O) groups excluding carboxylic acids is 1. The van der Waals surface area contributed by atoms with Crippen LogP contribution in [0.2, 0.25) is 0 Å². The van der Waals surface area contributed by atoms with E-state index in [1.165, 1.54) is 0 Å². The molecule has 1 unspecified atom stereocenters. The van der Waals surface area contributed by atoms with Gasteiger partial charge in [-0.1, -0.05) is 62.5 Å². The summed E-state index contributed by atoms with van der Waals surface area (Å²) in [5.74, 6) is 0.366. The van der Waals surface area contributed by atoms with Crippen LogP contribution >= 0.6 is 0 Å². The lowest BCUT2D eigenvalue weighted by Crippen LogP contribution is -2.41. The second-order valence-electron chi connectivity index (χ2n) is 9.70. The van der Waals surface area contributed by atoms with Crippen molar-refractivity contribution in [1.29, 1.82) is 0 Å². The Bertz CT molecular complexity index is 574. The average molecular weight is 433 g/mol. The maximum Gasteiger partial charge on any atom is 0.338 e. The average Bonchev–Trinajstić information content (AvgIpc) is 2.67. The van der Waals surface area contributed by atoms with Gasteiger partial charge in [-0.3, -0.25) is 0 Å². The van der Waals surface area contributed by atoms with E-state index in [-0.39, 0.29) is 5.97 Å². The molecule has 31 heavy (non-hydrogen) atoms. The Balaban J connectivity index is 3.81. The molecule has 0 saturated carbocycles. The van der Waals surface area contributed by atoms with E-state index in [4.69, 9.17) is 9.47 Å². The Kier molecular flexibility index (Phi) is 16.1. The van der Waals surface area contributed by atoms with Crippen LogP contribution in [0.15, 0.2) is 48.6 Å². The number of hydrogen-bond donors (Lipinski definition) is 0. The smallest absolute Gasteiger partial charge is 0.338 e. The van der Waals surface area contributed by atoms with Crippen LogP contribution in [0.25, 0.3) is 0 Å². The molecule has 0 aromatic heterocycles. The normalized spacial score (nSPS) is 14.4. The van der Waals surface area contributed by atoms with Gasteiger partial charge in [-0.15, -0.1) is 0 Å². The molecule has 0 spiro atoms. The molecule has 3 heteroatoms. The van der Waals surface area contributed by atoms with Crippen molar-refractivity contribution in [3.05, 3.63) is 48.6 Å². The number of esters is 1. The van der Waals surface area contributed by atoms with Crippen LogP contribution in [-0.4, -0.2) is 23.8 Å². The van der Waals surface area contributed by atoms with Gasteiger partial charge in [0, 0.05) is 6.61 Å². The van der Waals surface area contributed by atoms with Crippen LogP contribution in [-0.2, 0) is 14.3 Å². The third-order valence-corrected chi connectivity index (χ3v) is 4.64. The van der Waals surface area contributed by atoms with Gasteiger partial charge >= 0.3 is 5.97 Å². The highest BCUT2D eigenvalue weighted by Gasteiger charge is 2.33. The quantitative estimate of drug-likeness (QED) is 0.140. The summed E-state index contributed by atoms with van der Waals surface area (Å²) in [6.45, 7) is 14.2. The second kappa shape index (κ2) is 17.0. The molecule has 0 aromatic rings. The van der Waals surface area contributed by atoms with E-state index in [1.54, 1.807) is 13.8 Å². The molecule has 0 bridgehead atoms. The first-order chi connectivity index (χ1) is 14.6. The molecule has 178 valence electrons. The molecule has 0 aliphatic heterocycles. The number of carbonyl (C=O) groups is 1. The molecule has 0 saturated heterocycles. The van der Waals surface area contributed by atoms with Gasteiger partial charge in [0.15, 0.2) is 5.60 Å². The lowest BCUT2D eigenvalue weighted by molar-refractivity contribution is -0.179. The summed E-state index contributed by atoms with van der Waals surface area (Å²) in [4.78, 5) is 12.2. The highest BCUT2D eigenvalue weighted by molar-refractivity contribution is 5.78. The Hall–Kier alpha value is -1.61. The van der Waals surface area contributed by atoms with E-state index in [0.29, 0.717) is 12.5 Å². The fourth-order valence-electron chi connectivity index (χ4n) is 2.73. The monoisotopic (exact) mass is 432 g/mol. The predicted molar refractivity (Wildman–Crippen MR) is 134 cm³/mol. The van der Waals surface area contributed by atoms with Crippen molar-refractivity contribution in [1.82, 2.24) is 0 Å². The molecule has 0 N–H and O–H groups in total. The number of allylic oxidation sites excluding steroid dienone is 8. The molecule has 3 nitrogen and oxygen atoms in total. The van der Waals surface area contributed by atoms with E-state index >= 15 is 0 Å². The molecule has 0 aliphatic carbocycles. The number of ether oxygens (including phenoxy) is 2. The summed E-state index contributed by atoms with van der Waals surface area (Å²) < 4.78 is 11.2.